The average Bonchev–Trinajstić information content (AvgIpc) is 2.64. The quantitative estimate of drug-likeness (QED) is 0.634. The molecule has 2 aliphatic rings. The maximum atomic E-state index is 12.3. The van der Waals surface area contributed by atoms with Gasteiger partial charge in [-0.3, -0.25) is 9.59 Å². The van der Waals surface area contributed by atoms with Gasteiger partial charge in [0.05, 0.1) is 17.5 Å². The Morgan fingerprint density at radius 1 is 1.11 bits per heavy atom. The number of nitrogens with zero attached hydrogens (tertiary/aromatic N) is 1. The minimum Gasteiger partial charge on any atom is -0.506 e. The number of amides is 2. The average molecular weight is 278 g/mol. The number of carbonyl (C=O) groups excluding carboxylic acids is 2. The molecule has 1 heterocycles. The summed E-state index contributed by atoms with van der Waals surface area (Å²) < 4.78 is 0. The van der Waals surface area contributed by atoms with E-state index in [-0.39, 0.29) is 35.1 Å². The number of fused-ring (bicyclic) bond motifs is 1. The molecule has 1 N–H and O–H groups in total. The molecule has 0 aromatic heterocycles. The number of benzene rings is 1. The number of anilines is 1. The molecule has 1 saturated heterocycles. The summed E-state index contributed by atoms with van der Waals surface area (Å²) in [5, 5.41) is 10.2. The Balaban J connectivity index is 2.02. The molecule has 2 atom stereocenters. The molecule has 1 aromatic carbocycles. The molecule has 4 nitrogen and oxygen atoms in total. The number of phenols is 1. The third-order valence-electron chi connectivity index (χ3n) is 3.69. The number of rotatable bonds is 1. The number of phenolic OH excluding ortho intramolecular Hbond substituents is 1. The van der Waals surface area contributed by atoms with Crippen molar-refractivity contribution < 1.29 is 14.7 Å². The molecule has 1 aliphatic heterocycles. The molecule has 0 unspecified atom stereocenters. The molecule has 0 spiro atoms. The summed E-state index contributed by atoms with van der Waals surface area (Å²) >= 11 is 5.76. The molecular formula is C14H12ClNO3. The van der Waals surface area contributed by atoms with E-state index < -0.39 is 0 Å². The maximum Gasteiger partial charge on any atom is 0.238 e. The van der Waals surface area contributed by atoms with Crippen molar-refractivity contribution in [3.63, 3.8) is 0 Å². The third kappa shape index (κ3) is 1.83. The third-order valence-corrected chi connectivity index (χ3v) is 3.92. The molecule has 0 bridgehead atoms. The largest absolute Gasteiger partial charge is 0.506 e. The minimum atomic E-state index is -0.299. The fourth-order valence-electron chi connectivity index (χ4n) is 2.72. The number of hydrogen-bond donors (Lipinski definition) is 1. The molecule has 2 amide bonds. The number of imide groups is 1. The van der Waals surface area contributed by atoms with Crippen LogP contribution in [0.2, 0.25) is 5.02 Å². The van der Waals surface area contributed by atoms with E-state index in [4.69, 9.17) is 11.6 Å². The van der Waals surface area contributed by atoms with Gasteiger partial charge in [-0.25, -0.2) is 4.90 Å². The Morgan fingerprint density at radius 2 is 1.68 bits per heavy atom. The highest BCUT2D eigenvalue weighted by atomic mass is 35.5. The van der Waals surface area contributed by atoms with Gasteiger partial charge in [0.1, 0.15) is 5.75 Å². The second kappa shape index (κ2) is 4.38. The summed E-state index contributed by atoms with van der Waals surface area (Å²) in [5.74, 6) is -1.23. The van der Waals surface area contributed by atoms with Crippen LogP contribution in [-0.4, -0.2) is 16.9 Å². The highest BCUT2D eigenvalue weighted by molar-refractivity contribution is 6.31. The molecule has 1 fully saturated rings. The van der Waals surface area contributed by atoms with E-state index in [1.807, 2.05) is 12.2 Å². The molecule has 5 heteroatoms. The van der Waals surface area contributed by atoms with Crippen LogP contribution in [0.1, 0.15) is 12.8 Å². The highest BCUT2D eigenvalue weighted by Gasteiger charge is 2.48. The maximum absolute atomic E-state index is 12.3. The normalized spacial score (nSPS) is 25.8. The van der Waals surface area contributed by atoms with E-state index >= 15 is 0 Å². The van der Waals surface area contributed by atoms with Gasteiger partial charge in [-0.05, 0) is 25.0 Å². The van der Waals surface area contributed by atoms with Crippen molar-refractivity contribution in [2.45, 2.75) is 12.8 Å². The second-order valence-corrected chi connectivity index (χ2v) is 5.24. The van der Waals surface area contributed by atoms with Crippen molar-refractivity contribution in [1.29, 1.82) is 0 Å². The zero-order chi connectivity index (χ0) is 13.6. The van der Waals surface area contributed by atoms with Gasteiger partial charge in [-0.2, -0.15) is 0 Å². The van der Waals surface area contributed by atoms with E-state index in [1.54, 1.807) is 6.07 Å². The fraction of sp³-hybridized carbons (Fsp3) is 0.286. The van der Waals surface area contributed by atoms with Gasteiger partial charge in [0.15, 0.2) is 0 Å². The first-order chi connectivity index (χ1) is 9.09. The Bertz CT molecular complexity index is 570. The highest BCUT2D eigenvalue weighted by Crippen LogP contribution is 2.40. The summed E-state index contributed by atoms with van der Waals surface area (Å²) in [6.07, 6.45) is 5.02. The lowest BCUT2D eigenvalue weighted by atomic mass is 9.85. The van der Waals surface area contributed by atoms with E-state index in [1.165, 1.54) is 12.1 Å². The first kappa shape index (κ1) is 12.2. The second-order valence-electron chi connectivity index (χ2n) is 4.80. The minimum absolute atomic E-state index is 0.152. The molecule has 3 rings (SSSR count). The standard InChI is InChI=1S/C14H12ClNO3/c15-8-5-6-11(12(17)7-8)16-13(18)9-3-1-2-4-10(9)14(16)19/h1-2,5-7,9-10,17H,3-4H2/t9-,10-/m0/s1. The summed E-state index contributed by atoms with van der Waals surface area (Å²) in [5.41, 5.74) is 0.216. The molecule has 19 heavy (non-hydrogen) atoms. The summed E-state index contributed by atoms with van der Waals surface area (Å²) in [7, 11) is 0. The van der Waals surface area contributed by atoms with E-state index in [0.717, 1.165) is 4.90 Å². The van der Waals surface area contributed by atoms with Crippen LogP contribution in [0.3, 0.4) is 0 Å². The molecule has 0 radical (unpaired) electrons. The summed E-state index contributed by atoms with van der Waals surface area (Å²) in [4.78, 5) is 25.7. The SMILES string of the molecule is O=C1[C@H]2CC=CC[C@@H]2C(=O)N1c1ccc(Cl)cc1O. The number of carbonyl (C=O) groups is 2. The Kier molecular flexibility index (Phi) is 2.82. The van der Waals surface area contributed by atoms with Crippen molar-refractivity contribution in [1.82, 2.24) is 0 Å². The predicted octanol–water partition coefficient (Wildman–Crippen LogP) is 2.50. The van der Waals surface area contributed by atoms with Gasteiger partial charge in [0.25, 0.3) is 0 Å². The molecule has 98 valence electrons. The topological polar surface area (TPSA) is 57.6 Å². The van der Waals surface area contributed by atoms with Crippen molar-refractivity contribution in [3.05, 3.63) is 35.4 Å². The first-order valence-electron chi connectivity index (χ1n) is 6.11. The lowest BCUT2D eigenvalue weighted by molar-refractivity contribution is -0.122. The van der Waals surface area contributed by atoms with Crippen LogP contribution >= 0.6 is 11.6 Å². The zero-order valence-electron chi connectivity index (χ0n) is 10.0. The van der Waals surface area contributed by atoms with Crippen LogP contribution < -0.4 is 4.90 Å². The van der Waals surface area contributed by atoms with Crippen molar-refractivity contribution in [3.8, 4) is 5.75 Å². The van der Waals surface area contributed by atoms with Crippen molar-refractivity contribution in [2.24, 2.45) is 11.8 Å². The Hall–Kier alpha value is -1.81. The van der Waals surface area contributed by atoms with Crippen LogP contribution in [0.25, 0.3) is 0 Å². The van der Waals surface area contributed by atoms with Gasteiger partial charge in [-0.15, -0.1) is 0 Å². The lowest BCUT2D eigenvalue weighted by Crippen LogP contribution is -2.30. The summed E-state index contributed by atoms with van der Waals surface area (Å²) in [6.45, 7) is 0. The fourth-order valence-corrected chi connectivity index (χ4v) is 2.89. The van der Waals surface area contributed by atoms with Crippen LogP contribution in [0, 0.1) is 11.8 Å². The predicted molar refractivity (Wildman–Crippen MR) is 71.0 cm³/mol. The van der Waals surface area contributed by atoms with Gasteiger partial charge in [-0.1, -0.05) is 23.8 Å². The van der Waals surface area contributed by atoms with Gasteiger partial charge >= 0.3 is 0 Å². The van der Waals surface area contributed by atoms with Crippen molar-refractivity contribution >= 4 is 29.1 Å². The van der Waals surface area contributed by atoms with E-state index in [2.05, 4.69) is 0 Å². The monoisotopic (exact) mass is 277 g/mol. The van der Waals surface area contributed by atoms with E-state index in [0.29, 0.717) is 17.9 Å². The van der Waals surface area contributed by atoms with E-state index in [9.17, 15) is 14.7 Å². The number of halogens is 1. The number of hydrogen-bond acceptors (Lipinski definition) is 3. The Morgan fingerprint density at radius 3 is 2.21 bits per heavy atom. The molecule has 1 aromatic rings. The van der Waals surface area contributed by atoms with Crippen LogP contribution in [0.5, 0.6) is 5.75 Å². The van der Waals surface area contributed by atoms with Crippen LogP contribution in [0.4, 0.5) is 5.69 Å². The number of aromatic hydroxyl groups is 1. The molecule has 0 saturated carbocycles. The molecule has 1 aliphatic carbocycles. The first-order valence-corrected chi connectivity index (χ1v) is 6.48. The molecular weight excluding hydrogens is 266 g/mol. The van der Waals surface area contributed by atoms with Gasteiger partial charge < -0.3 is 5.11 Å². The van der Waals surface area contributed by atoms with Crippen LogP contribution in [0.15, 0.2) is 30.4 Å². The lowest BCUT2D eigenvalue weighted by Gasteiger charge is -2.16. The smallest absolute Gasteiger partial charge is 0.238 e. The van der Waals surface area contributed by atoms with Crippen molar-refractivity contribution in [2.75, 3.05) is 4.90 Å². The zero-order valence-corrected chi connectivity index (χ0v) is 10.8. The summed E-state index contributed by atoms with van der Waals surface area (Å²) in [6, 6.07) is 4.38. The van der Waals surface area contributed by atoms with Gasteiger partial charge in [0.2, 0.25) is 11.8 Å². The van der Waals surface area contributed by atoms with Gasteiger partial charge in [0, 0.05) is 11.1 Å². The van der Waals surface area contributed by atoms with Crippen LogP contribution in [-0.2, 0) is 9.59 Å². The number of allylic oxidation sites excluding steroid dienone is 2. The Labute approximate surface area is 115 Å².